The Morgan fingerprint density at radius 3 is 2.47 bits per heavy atom. The Hall–Kier alpha value is -1.43. The van der Waals surface area contributed by atoms with Gasteiger partial charge in [-0.15, -0.1) is 0 Å². The third-order valence-corrected chi connectivity index (χ3v) is 2.37. The second kappa shape index (κ2) is 2.79. The molecule has 0 aromatic heterocycles. The van der Waals surface area contributed by atoms with E-state index in [0.717, 1.165) is 5.57 Å². The lowest BCUT2D eigenvalue weighted by molar-refractivity contribution is -0.669. The number of alkyl halides is 3. The topological polar surface area (TPSA) is 24.7 Å². The first kappa shape index (κ1) is 10.1. The van der Waals surface area contributed by atoms with E-state index >= 15 is 0 Å². The Labute approximate surface area is 84.5 Å². The lowest BCUT2D eigenvalue weighted by atomic mass is 10.2. The Kier molecular flexibility index (Phi) is 1.88. The van der Waals surface area contributed by atoms with Gasteiger partial charge in [0.1, 0.15) is 6.20 Å². The average molecular weight is 216 g/mol. The van der Waals surface area contributed by atoms with Crippen LogP contribution >= 0.6 is 0 Å². The van der Waals surface area contributed by atoms with E-state index in [0.29, 0.717) is 0 Å². The molecule has 3 nitrogen and oxygen atoms in total. The summed E-state index contributed by atoms with van der Waals surface area (Å²) in [6.45, 7) is 1.74. The van der Waals surface area contributed by atoms with Gasteiger partial charge >= 0.3 is 12.0 Å². The molecule has 0 aliphatic carbocycles. The number of fused-ring (bicyclic) bond motifs is 1. The van der Waals surface area contributed by atoms with Crippen molar-refractivity contribution >= 4 is 11.7 Å². The van der Waals surface area contributed by atoms with Gasteiger partial charge in [0.15, 0.2) is 0 Å². The Bertz CT molecular complexity index is 428. The molecule has 2 aliphatic heterocycles. The van der Waals surface area contributed by atoms with Gasteiger partial charge in [0.2, 0.25) is 0 Å². The molecule has 1 atom stereocenters. The minimum atomic E-state index is -4.46. The second-order valence-corrected chi connectivity index (χ2v) is 3.66. The molecule has 0 saturated heterocycles. The summed E-state index contributed by atoms with van der Waals surface area (Å²) >= 11 is 0. The van der Waals surface area contributed by atoms with E-state index in [1.807, 2.05) is 0 Å². The van der Waals surface area contributed by atoms with E-state index in [1.54, 1.807) is 19.1 Å². The zero-order valence-corrected chi connectivity index (χ0v) is 8.21. The van der Waals surface area contributed by atoms with Crippen molar-refractivity contribution in [1.82, 2.24) is 0 Å². The van der Waals surface area contributed by atoms with Crippen LogP contribution in [-0.4, -0.2) is 29.4 Å². The molecule has 0 aromatic carbocycles. The van der Waals surface area contributed by atoms with Gasteiger partial charge < -0.3 is 0 Å². The summed E-state index contributed by atoms with van der Waals surface area (Å²) in [7, 11) is 1.42. The summed E-state index contributed by atoms with van der Waals surface area (Å²) < 4.78 is 37.4. The Morgan fingerprint density at radius 1 is 1.20 bits per heavy atom. The van der Waals surface area contributed by atoms with Crippen molar-refractivity contribution < 1.29 is 17.7 Å². The molecule has 0 radical (unpaired) electrons. The number of nitrogens with zero attached hydrogens (tertiary/aromatic N) is 3. The smallest absolute Gasteiger partial charge is 0.195 e. The SMILES string of the molecule is CC1=C[N+]2(C)C(=NN=C2C(F)(F)F)C=C1. The van der Waals surface area contributed by atoms with Gasteiger partial charge in [-0.05, 0) is 13.0 Å². The first-order valence-electron chi connectivity index (χ1n) is 4.32. The van der Waals surface area contributed by atoms with Crippen LogP contribution in [-0.2, 0) is 0 Å². The molecule has 0 N–H and O–H groups in total. The Morgan fingerprint density at radius 2 is 1.87 bits per heavy atom. The van der Waals surface area contributed by atoms with Crippen molar-refractivity contribution in [2.75, 3.05) is 7.05 Å². The maximum absolute atomic E-state index is 12.6. The van der Waals surface area contributed by atoms with Gasteiger partial charge in [0, 0.05) is 11.6 Å². The zero-order chi connectivity index (χ0) is 11.3. The summed E-state index contributed by atoms with van der Waals surface area (Å²) in [5.74, 6) is -0.617. The van der Waals surface area contributed by atoms with Gasteiger partial charge in [0.05, 0.1) is 7.05 Å². The predicted molar refractivity (Wildman–Crippen MR) is 50.0 cm³/mol. The zero-order valence-electron chi connectivity index (χ0n) is 8.21. The number of rotatable bonds is 0. The van der Waals surface area contributed by atoms with E-state index in [2.05, 4.69) is 10.2 Å². The van der Waals surface area contributed by atoms with E-state index in [1.165, 1.54) is 13.2 Å². The predicted octanol–water partition coefficient (Wildman–Crippen LogP) is 2.19. The summed E-state index contributed by atoms with van der Waals surface area (Å²) in [4.78, 5) is 0. The minimum absolute atomic E-state index is 0.285. The number of likely N-dealkylation sites (N-methyl/N-ethyl adjacent to an activating group) is 1. The van der Waals surface area contributed by atoms with Crippen LogP contribution in [0.15, 0.2) is 34.1 Å². The average Bonchev–Trinajstić information content (AvgIpc) is 2.39. The van der Waals surface area contributed by atoms with Crippen molar-refractivity contribution in [3.63, 3.8) is 0 Å². The summed E-state index contributed by atoms with van der Waals surface area (Å²) in [6.07, 6.45) is 0.297. The van der Waals surface area contributed by atoms with Gasteiger partial charge in [-0.2, -0.15) is 17.7 Å². The highest BCUT2D eigenvalue weighted by atomic mass is 19.4. The van der Waals surface area contributed by atoms with Crippen molar-refractivity contribution in [1.29, 1.82) is 0 Å². The second-order valence-electron chi connectivity index (χ2n) is 3.66. The molecule has 0 spiro atoms. The van der Waals surface area contributed by atoms with Crippen LogP contribution < -0.4 is 0 Å². The van der Waals surface area contributed by atoms with Gasteiger partial charge in [0.25, 0.3) is 5.84 Å². The highest BCUT2D eigenvalue weighted by molar-refractivity contribution is 6.02. The maximum atomic E-state index is 12.6. The molecular weight excluding hydrogens is 207 g/mol. The molecule has 0 aromatic rings. The van der Waals surface area contributed by atoms with Crippen LogP contribution in [0.5, 0.6) is 0 Å². The molecule has 1 unspecified atom stereocenters. The largest absolute Gasteiger partial charge is 0.489 e. The first-order valence-corrected chi connectivity index (χ1v) is 4.32. The van der Waals surface area contributed by atoms with Crippen molar-refractivity contribution in [3.8, 4) is 0 Å². The van der Waals surface area contributed by atoms with Crippen molar-refractivity contribution in [2.45, 2.75) is 13.1 Å². The first-order chi connectivity index (χ1) is 6.84. The molecule has 2 heterocycles. The van der Waals surface area contributed by atoms with E-state index in [9.17, 15) is 13.2 Å². The van der Waals surface area contributed by atoms with Crippen molar-refractivity contribution in [2.24, 2.45) is 10.2 Å². The highest BCUT2D eigenvalue weighted by Gasteiger charge is 2.55. The monoisotopic (exact) mass is 216 g/mol. The standard InChI is InChI=1S/C9H9F3N3/c1-6-3-4-7-13-14-8(9(10,11)12)15(7,2)5-6/h3-5H,1-2H3/q+1. The van der Waals surface area contributed by atoms with Gasteiger partial charge in [-0.1, -0.05) is 10.2 Å². The Balaban J connectivity index is 2.49. The number of allylic oxidation sites excluding steroid dienone is 2. The molecule has 2 rings (SSSR count). The number of hydrogen-bond acceptors (Lipinski definition) is 2. The number of quaternary nitrogens is 1. The molecule has 0 fully saturated rings. The minimum Gasteiger partial charge on any atom is -0.195 e. The normalized spacial score (nSPS) is 29.5. The van der Waals surface area contributed by atoms with Crippen LogP contribution in [0.25, 0.3) is 0 Å². The van der Waals surface area contributed by atoms with Crippen LogP contribution in [0.1, 0.15) is 6.92 Å². The van der Waals surface area contributed by atoms with E-state index in [-0.39, 0.29) is 5.84 Å². The van der Waals surface area contributed by atoms with E-state index < -0.39 is 16.5 Å². The molecule has 2 aliphatic rings. The highest BCUT2D eigenvalue weighted by Crippen LogP contribution is 2.31. The molecular formula is C9H9F3N3+. The fourth-order valence-corrected chi connectivity index (χ4v) is 1.68. The summed E-state index contributed by atoms with van der Waals surface area (Å²) in [6, 6.07) is 0. The number of amidine groups is 2. The molecule has 0 amide bonds. The lowest BCUT2D eigenvalue weighted by Gasteiger charge is -2.27. The number of hydrogen-bond donors (Lipinski definition) is 0. The lowest BCUT2D eigenvalue weighted by Crippen LogP contribution is -2.53. The molecule has 0 bridgehead atoms. The van der Waals surface area contributed by atoms with Crippen LogP contribution in [0.2, 0.25) is 0 Å². The molecule has 6 heteroatoms. The fourth-order valence-electron chi connectivity index (χ4n) is 1.68. The van der Waals surface area contributed by atoms with Crippen LogP contribution in [0, 0.1) is 0 Å². The third kappa shape index (κ3) is 1.41. The van der Waals surface area contributed by atoms with Gasteiger partial charge in [-0.25, -0.2) is 0 Å². The quantitative estimate of drug-likeness (QED) is 0.554. The van der Waals surface area contributed by atoms with Gasteiger partial charge in [-0.3, -0.25) is 0 Å². The maximum Gasteiger partial charge on any atom is 0.489 e. The third-order valence-electron chi connectivity index (χ3n) is 2.37. The molecule has 80 valence electrons. The van der Waals surface area contributed by atoms with E-state index in [4.69, 9.17) is 0 Å². The summed E-state index contributed by atoms with van der Waals surface area (Å²) in [5.41, 5.74) is 0.760. The summed E-state index contributed by atoms with van der Waals surface area (Å²) in [5, 5.41) is 6.75. The van der Waals surface area contributed by atoms with Crippen LogP contribution in [0.3, 0.4) is 0 Å². The molecule has 15 heavy (non-hydrogen) atoms. The van der Waals surface area contributed by atoms with Crippen LogP contribution in [0.4, 0.5) is 13.2 Å². The van der Waals surface area contributed by atoms with Crippen molar-refractivity contribution in [3.05, 3.63) is 23.9 Å². The number of halogens is 3. The fraction of sp³-hybridized carbons (Fsp3) is 0.333. The molecule has 0 saturated carbocycles.